The number of allylic oxidation sites excluding steroid dienone is 1. The highest BCUT2D eigenvalue weighted by atomic mass is 15.1. The van der Waals surface area contributed by atoms with Gasteiger partial charge in [0.2, 0.25) is 0 Å². The first-order valence-electron chi connectivity index (χ1n) is 6.82. The molecule has 1 aliphatic heterocycles. The van der Waals surface area contributed by atoms with Gasteiger partial charge in [0, 0.05) is 13.1 Å². The summed E-state index contributed by atoms with van der Waals surface area (Å²) in [7, 11) is 0. The lowest BCUT2D eigenvalue weighted by molar-refractivity contribution is 0.269. The summed E-state index contributed by atoms with van der Waals surface area (Å²) < 4.78 is 0. The van der Waals surface area contributed by atoms with Crippen LogP contribution in [0.25, 0.3) is 0 Å². The van der Waals surface area contributed by atoms with E-state index in [2.05, 4.69) is 48.2 Å². The zero-order valence-electron chi connectivity index (χ0n) is 10.9. The van der Waals surface area contributed by atoms with E-state index < -0.39 is 0 Å². The minimum atomic E-state index is 1.18. The van der Waals surface area contributed by atoms with Crippen molar-refractivity contribution in [2.45, 2.75) is 32.6 Å². The summed E-state index contributed by atoms with van der Waals surface area (Å²) in [5.74, 6) is 0. The average molecular weight is 229 g/mol. The average Bonchev–Trinajstić information content (AvgIpc) is 2.41. The number of rotatable bonds is 4. The molecule has 1 aromatic rings. The summed E-state index contributed by atoms with van der Waals surface area (Å²) in [5, 5.41) is 0. The number of hydrogen-bond donors (Lipinski definition) is 0. The molecule has 1 nitrogen and oxygen atoms in total. The molecule has 1 fully saturated rings. The highest BCUT2D eigenvalue weighted by Crippen LogP contribution is 2.17. The van der Waals surface area contributed by atoms with E-state index in [1.807, 2.05) is 0 Å². The van der Waals surface area contributed by atoms with Gasteiger partial charge in [-0.3, -0.25) is 0 Å². The summed E-state index contributed by atoms with van der Waals surface area (Å²) in [4.78, 5) is 2.54. The molecule has 0 saturated carbocycles. The number of aryl methyl sites for hydroxylation is 1. The van der Waals surface area contributed by atoms with Gasteiger partial charge >= 0.3 is 0 Å². The van der Waals surface area contributed by atoms with E-state index >= 15 is 0 Å². The van der Waals surface area contributed by atoms with Crippen molar-refractivity contribution >= 4 is 0 Å². The monoisotopic (exact) mass is 229 g/mol. The zero-order chi connectivity index (χ0) is 11.9. The Morgan fingerprint density at radius 3 is 2.47 bits per heavy atom. The summed E-state index contributed by atoms with van der Waals surface area (Å²) in [6, 6.07) is 10.8. The van der Waals surface area contributed by atoms with Gasteiger partial charge in [0.15, 0.2) is 0 Å². The van der Waals surface area contributed by atoms with E-state index in [1.165, 1.54) is 50.9 Å². The van der Waals surface area contributed by atoms with Crippen LogP contribution in [-0.4, -0.2) is 24.5 Å². The molecule has 1 heterocycles. The first-order valence-corrected chi connectivity index (χ1v) is 6.82. The Kier molecular flexibility index (Phi) is 4.81. The molecule has 0 N–H and O–H groups in total. The Bertz CT molecular complexity index is 343. The first kappa shape index (κ1) is 12.4. The Hall–Kier alpha value is -1.08. The van der Waals surface area contributed by atoms with Crippen LogP contribution in [0.2, 0.25) is 0 Å². The first-order chi connectivity index (χ1) is 8.38. The van der Waals surface area contributed by atoms with Crippen molar-refractivity contribution in [3.63, 3.8) is 0 Å². The molecule has 0 aliphatic carbocycles. The van der Waals surface area contributed by atoms with Gasteiger partial charge in [-0.05, 0) is 37.8 Å². The van der Waals surface area contributed by atoms with Gasteiger partial charge < -0.3 is 4.90 Å². The number of hydrogen-bond acceptors (Lipinski definition) is 1. The standard InChI is InChI=1S/C16H23N/c1-2-17-13-11-16(12-14-17)10-6-9-15-7-4-3-5-8-15/h3-5,7-8,10H,2,6,9,11-14H2,1H3. The molecule has 1 aromatic carbocycles. The third kappa shape index (κ3) is 4.01. The maximum Gasteiger partial charge on any atom is 0.00186 e. The molecule has 92 valence electrons. The lowest BCUT2D eigenvalue weighted by Crippen LogP contribution is -2.30. The fourth-order valence-corrected chi connectivity index (χ4v) is 2.45. The van der Waals surface area contributed by atoms with Gasteiger partial charge in [-0.1, -0.05) is 48.9 Å². The minimum absolute atomic E-state index is 1.18. The van der Waals surface area contributed by atoms with Gasteiger partial charge in [0.05, 0.1) is 0 Å². The number of piperidine rings is 1. The minimum Gasteiger partial charge on any atom is -0.303 e. The highest BCUT2D eigenvalue weighted by Gasteiger charge is 2.10. The maximum absolute atomic E-state index is 2.54. The van der Waals surface area contributed by atoms with Gasteiger partial charge in [0.25, 0.3) is 0 Å². The molecule has 0 unspecified atom stereocenters. The third-order valence-corrected chi connectivity index (χ3v) is 3.65. The van der Waals surface area contributed by atoms with Crippen molar-refractivity contribution in [1.82, 2.24) is 4.90 Å². The van der Waals surface area contributed by atoms with Crippen molar-refractivity contribution in [2.75, 3.05) is 19.6 Å². The van der Waals surface area contributed by atoms with Crippen molar-refractivity contribution in [3.05, 3.63) is 47.5 Å². The third-order valence-electron chi connectivity index (χ3n) is 3.65. The number of likely N-dealkylation sites (tertiary alicyclic amines) is 1. The van der Waals surface area contributed by atoms with Crippen molar-refractivity contribution in [1.29, 1.82) is 0 Å². The molecule has 17 heavy (non-hydrogen) atoms. The van der Waals surface area contributed by atoms with E-state index in [0.717, 1.165) is 0 Å². The normalized spacial score (nSPS) is 17.1. The second-order valence-corrected chi connectivity index (χ2v) is 4.82. The van der Waals surface area contributed by atoms with Crippen LogP contribution in [0.15, 0.2) is 42.0 Å². The smallest absolute Gasteiger partial charge is 0.00186 e. The van der Waals surface area contributed by atoms with E-state index in [9.17, 15) is 0 Å². The predicted octanol–water partition coefficient (Wildman–Crippen LogP) is 3.66. The zero-order valence-corrected chi connectivity index (χ0v) is 10.9. The van der Waals surface area contributed by atoms with Gasteiger partial charge in [-0.2, -0.15) is 0 Å². The molecule has 1 saturated heterocycles. The molecule has 0 atom stereocenters. The van der Waals surface area contributed by atoms with E-state index in [1.54, 1.807) is 5.57 Å². The van der Waals surface area contributed by atoms with Crippen LogP contribution >= 0.6 is 0 Å². The molecule has 0 aromatic heterocycles. The molecule has 0 radical (unpaired) electrons. The molecule has 2 rings (SSSR count). The molecule has 0 amide bonds. The van der Waals surface area contributed by atoms with E-state index in [-0.39, 0.29) is 0 Å². The van der Waals surface area contributed by atoms with Crippen molar-refractivity contribution in [3.8, 4) is 0 Å². The molecule has 1 aliphatic rings. The van der Waals surface area contributed by atoms with Crippen LogP contribution in [0.3, 0.4) is 0 Å². The molecule has 0 bridgehead atoms. The van der Waals surface area contributed by atoms with E-state index in [4.69, 9.17) is 0 Å². The summed E-state index contributed by atoms with van der Waals surface area (Å²) in [5.41, 5.74) is 3.13. The largest absolute Gasteiger partial charge is 0.303 e. The highest BCUT2D eigenvalue weighted by molar-refractivity contribution is 5.16. The number of benzene rings is 1. The molecule has 0 spiro atoms. The number of nitrogens with zero attached hydrogens (tertiary/aromatic N) is 1. The fourth-order valence-electron chi connectivity index (χ4n) is 2.45. The van der Waals surface area contributed by atoms with Crippen LogP contribution in [0.5, 0.6) is 0 Å². The van der Waals surface area contributed by atoms with Crippen LogP contribution in [-0.2, 0) is 6.42 Å². The lowest BCUT2D eigenvalue weighted by atomic mass is 10.0. The van der Waals surface area contributed by atoms with E-state index in [0.29, 0.717) is 0 Å². The van der Waals surface area contributed by atoms with Gasteiger partial charge in [-0.15, -0.1) is 0 Å². The lowest BCUT2D eigenvalue weighted by Gasteiger charge is -2.26. The van der Waals surface area contributed by atoms with Gasteiger partial charge in [-0.25, -0.2) is 0 Å². The maximum atomic E-state index is 2.54. The Morgan fingerprint density at radius 2 is 1.82 bits per heavy atom. The van der Waals surface area contributed by atoms with Crippen LogP contribution < -0.4 is 0 Å². The van der Waals surface area contributed by atoms with Crippen LogP contribution in [0, 0.1) is 0 Å². The van der Waals surface area contributed by atoms with Crippen molar-refractivity contribution in [2.24, 2.45) is 0 Å². The quantitative estimate of drug-likeness (QED) is 0.712. The topological polar surface area (TPSA) is 3.24 Å². The van der Waals surface area contributed by atoms with Crippen LogP contribution in [0.4, 0.5) is 0 Å². The Morgan fingerprint density at radius 1 is 1.12 bits per heavy atom. The van der Waals surface area contributed by atoms with Gasteiger partial charge in [0.1, 0.15) is 0 Å². The summed E-state index contributed by atoms with van der Waals surface area (Å²) in [6.07, 6.45) is 7.42. The second kappa shape index (κ2) is 6.61. The predicted molar refractivity (Wildman–Crippen MR) is 74.2 cm³/mol. The van der Waals surface area contributed by atoms with Crippen molar-refractivity contribution < 1.29 is 0 Å². The summed E-state index contributed by atoms with van der Waals surface area (Å²) in [6.45, 7) is 5.97. The molecular formula is C16H23N. The Balaban J connectivity index is 1.75. The fraction of sp³-hybridized carbons (Fsp3) is 0.500. The molecule has 1 heteroatoms. The SMILES string of the molecule is CCN1CCC(=CCCc2ccccc2)CC1. The summed E-state index contributed by atoms with van der Waals surface area (Å²) >= 11 is 0. The molecular weight excluding hydrogens is 206 g/mol. The van der Waals surface area contributed by atoms with Crippen LogP contribution in [0.1, 0.15) is 31.7 Å². The Labute approximate surface area is 105 Å². The second-order valence-electron chi connectivity index (χ2n) is 4.82.